The van der Waals surface area contributed by atoms with E-state index in [2.05, 4.69) is 5.32 Å². The first-order valence-corrected chi connectivity index (χ1v) is 3.17. The van der Waals surface area contributed by atoms with Crippen LogP contribution < -0.4 is 11.1 Å². The van der Waals surface area contributed by atoms with E-state index in [9.17, 15) is 4.79 Å². The van der Waals surface area contributed by atoms with Gasteiger partial charge in [-0.25, -0.2) is 0 Å². The lowest BCUT2D eigenvalue weighted by Crippen LogP contribution is -2.41. The lowest BCUT2D eigenvalue weighted by molar-refractivity contribution is -0.119. The highest BCUT2D eigenvalue weighted by Gasteiger charge is 2.41. The van der Waals surface area contributed by atoms with Crippen LogP contribution in [0.2, 0.25) is 0 Å². The van der Waals surface area contributed by atoms with Crippen LogP contribution in [0.4, 0.5) is 0 Å². The third kappa shape index (κ3) is 1.42. The maximum atomic E-state index is 10.5. The first kappa shape index (κ1) is 6.55. The van der Waals surface area contributed by atoms with Crippen LogP contribution in [0.25, 0.3) is 0 Å². The van der Waals surface area contributed by atoms with E-state index in [-0.39, 0.29) is 11.4 Å². The molecule has 0 spiro atoms. The fourth-order valence-corrected chi connectivity index (χ4v) is 0.904. The van der Waals surface area contributed by atoms with E-state index in [0.29, 0.717) is 6.54 Å². The molecule has 0 saturated heterocycles. The Morgan fingerprint density at radius 1 is 1.78 bits per heavy atom. The van der Waals surface area contributed by atoms with E-state index in [1.807, 2.05) is 0 Å². The zero-order valence-corrected chi connectivity index (χ0v) is 5.61. The van der Waals surface area contributed by atoms with Gasteiger partial charge >= 0.3 is 0 Å². The van der Waals surface area contributed by atoms with Crippen molar-refractivity contribution in [3.63, 3.8) is 0 Å². The maximum absolute atomic E-state index is 10.5. The summed E-state index contributed by atoms with van der Waals surface area (Å²) in [5.41, 5.74) is 5.39. The van der Waals surface area contributed by atoms with Gasteiger partial charge in [0, 0.05) is 13.5 Å². The van der Waals surface area contributed by atoms with Gasteiger partial charge in [-0.2, -0.15) is 0 Å². The summed E-state index contributed by atoms with van der Waals surface area (Å²) in [5, 5.41) is 2.82. The molecule has 1 aliphatic carbocycles. The average Bonchev–Trinajstić information content (AvgIpc) is 2.48. The molecule has 0 heterocycles. The molecule has 1 fully saturated rings. The predicted molar refractivity (Wildman–Crippen MR) is 34.8 cm³/mol. The third-order valence-electron chi connectivity index (χ3n) is 1.69. The minimum atomic E-state index is -0.00810. The molecule has 9 heavy (non-hydrogen) atoms. The number of hydrogen-bond acceptors (Lipinski definition) is 2. The molecule has 52 valence electrons. The van der Waals surface area contributed by atoms with Gasteiger partial charge in [0.05, 0.1) is 5.54 Å². The summed E-state index contributed by atoms with van der Waals surface area (Å²) in [7, 11) is 0. The molecule has 1 amide bonds. The molecule has 0 aromatic rings. The van der Waals surface area contributed by atoms with Crippen molar-refractivity contribution < 1.29 is 4.79 Å². The predicted octanol–water partition coefficient (Wildman–Crippen LogP) is -0.386. The Morgan fingerprint density at radius 3 is 2.44 bits per heavy atom. The number of amides is 1. The van der Waals surface area contributed by atoms with Crippen molar-refractivity contribution in [3.8, 4) is 0 Å². The van der Waals surface area contributed by atoms with Crippen molar-refractivity contribution >= 4 is 5.91 Å². The normalized spacial score (nSPS) is 21.1. The molecule has 0 radical (unpaired) electrons. The molecular formula is C6H12N2O. The van der Waals surface area contributed by atoms with Gasteiger partial charge in [-0.15, -0.1) is 0 Å². The molecule has 0 atom stereocenters. The van der Waals surface area contributed by atoms with Gasteiger partial charge in [-0.1, -0.05) is 0 Å². The van der Waals surface area contributed by atoms with Crippen LogP contribution >= 0.6 is 0 Å². The Morgan fingerprint density at radius 2 is 2.33 bits per heavy atom. The fourth-order valence-electron chi connectivity index (χ4n) is 0.904. The Kier molecular flexibility index (Phi) is 1.45. The molecule has 3 N–H and O–H groups in total. The standard InChI is InChI=1S/C6H12N2O/c1-5(9)8-6(4-7)2-3-6/h2-4,7H2,1H3,(H,8,9). The summed E-state index contributed by atoms with van der Waals surface area (Å²) < 4.78 is 0. The number of rotatable bonds is 2. The average molecular weight is 128 g/mol. The van der Waals surface area contributed by atoms with E-state index < -0.39 is 0 Å². The highest BCUT2D eigenvalue weighted by molar-refractivity contribution is 5.74. The van der Waals surface area contributed by atoms with E-state index in [0.717, 1.165) is 12.8 Å². The second kappa shape index (κ2) is 1.99. The van der Waals surface area contributed by atoms with Crippen LogP contribution in [0.15, 0.2) is 0 Å². The molecule has 0 aliphatic heterocycles. The van der Waals surface area contributed by atoms with Crippen molar-refractivity contribution in [3.05, 3.63) is 0 Å². The van der Waals surface area contributed by atoms with Crippen molar-refractivity contribution in [2.75, 3.05) is 6.54 Å². The maximum Gasteiger partial charge on any atom is 0.217 e. The van der Waals surface area contributed by atoms with Crippen LogP contribution in [0.5, 0.6) is 0 Å². The summed E-state index contributed by atoms with van der Waals surface area (Å²) in [6, 6.07) is 0. The highest BCUT2D eigenvalue weighted by atomic mass is 16.1. The van der Waals surface area contributed by atoms with Crippen LogP contribution in [0.3, 0.4) is 0 Å². The Labute approximate surface area is 54.6 Å². The summed E-state index contributed by atoms with van der Waals surface area (Å²) >= 11 is 0. The number of carbonyl (C=O) groups excluding carboxylic acids is 1. The molecule has 0 aromatic heterocycles. The van der Waals surface area contributed by atoms with Crippen molar-refractivity contribution in [2.45, 2.75) is 25.3 Å². The largest absolute Gasteiger partial charge is 0.350 e. The molecule has 1 aliphatic rings. The van der Waals surface area contributed by atoms with Gasteiger partial charge in [-0.3, -0.25) is 4.79 Å². The minimum Gasteiger partial charge on any atom is -0.350 e. The smallest absolute Gasteiger partial charge is 0.217 e. The summed E-state index contributed by atoms with van der Waals surface area (Å²) in [6.07, 6.45) is 2.09. The van der Waals surface area contributed by atoms with Gasteiger partial charge in [-0.05, 0) is 12.8 Å². The zero-order chi connectivity index (χ0) is 6.91. The van der Waals surface area contributed by atoms with Gasteiger partial charge in [0.25, 0.3) is 0 Å². The fraction of sp³-hybridized carbons (Fsp3) is 0.833. The van der Waals surface area contributed by atoms with E-state index in [4.69, 9.17) is 5.73 Å². The number of carbonyl (C=O) groups is 1. The molecular weight excluding hydrogens is 116 g/mol. The van der Waals surface area contributed by atoms with Gasteiger partial charge in [0.2, 0.25) is 5.91 Å². The molecule has 1 rings (SSSR count). The third-order valence-corrected chi connectivity index (χ3v) is 1.69. The van der Waals surface area contributed by atoms with Gasteiger partial charge in [0.15, 0.2) is 0 Å². The molecule has 0 bridgehead atoms. The van der Waals surface area contributed by atoms with Crippen molar-refractivity contribution in [2.24, 2.45) is 5.73 Å². The second-order valence-electron chi connectivity index (χ2n) is 2.67. The van der Waals surface area contributed by atoms with Gasteiger partial charge < -0.3 is 11.1 Å². The van der Waals surface area contributed by atoms with Crippen LogP contribution in [-0.2, 0) is 4.79 Å². The Balaban J connectivity index is 2.33. The highest BCUT2D eigenvalue weighted by Crippen LogP contribution is 2.33. The van der Waals surface area contributed by atoms with E-state index in [1.165, 1.54) is 6.92 Å². The topological polar surface area (TPSA) is 55.1 Å². The molecule has 0 unspecified atom stereocenters. The van der Waals surface area contributed by atoms with Crippen molar-refractivity contribution in [1.82, 2.24) is 5.32 Å². The molecule has 3 nitrogen and oxygen atoms in total. The number of hydrogen-bond donors (Lipinski definition) is 2. The Bertz CT molecular complexity index is 129. The zero-order valence-electron chi connectivity index (χ0n) is 5.61. The van der Waals surface area contributed by atoms with Gasteiger partial charge in [0.1, 0.15) is 0 Å². The lowest BCUT2D eigenvalue weighted by Gasteiger charge is -2.11. The summed E-state index contributed by atoms with van der Waals surface area (Å²) in [4.78, 5) is 10.5. The van der Waals surface area contributed by atoms with E-state index in [1.54, 1.807) is 0 Å². The quantitative estimate of drug-likeness (QED) is 0.532. The summed E-state index contributed by atoms with van der Waals surface area (Å²) in [5.74, 6) is 0.0259. The SMILES string of the molecule is CC(=O)NC1(CN)CC1. The van der Waals surface area contributed by atoms with E-state index >= 15 is 0 Å². The Hall–Kier alpha value is -0.570. The number of nitrogens with two attached hydrogens (primary N) is 1. The van der Waals surface area contributed by atoms with Crippen LogP contribution in [-0.4, -0.2) is 18.0 Å². The first-order chi connectivity index (χ1) is 4.18. The molecule has 3 heteroatoms. The first-order valence-electron chi connectivity index (χ1n) is 3.17. The number of nitrogens with one attached hydrogen (secondary N) is 1. The second-order valence-corrected chi connectivity index (χ2v) is 2.67. The monoisotopic (exact) mass is 128 g/mol. The van der Waals surface area contributed by atoms with Crippen LogP contribution in [0.1, 0.15) is 19.8 Å². The molecule has 0 aromatic carbocycles. The van der Waals surface area contributed by atoms with Crippen molar-refractivity contribution in [1.29, 1.82) is 0 Å². The summed E-state index contributed by atoms with van der Waals surface area (Å²) in [6.45, 7) is 2.10. The molecule has 1 saturated carbocycles. The lowest BCUT2D eigenvalue weighted by atomic mass is 10.3. The van der Waals surface area contributed by atoms with Crippen LogP contribution in [0, 0.1) is 0 Å². The minimum absolute atomic E-state index is 0.00810.